The number of anilines is 1. The number of rotatable bonds is 11. The lowest BCUT2D eigenvalue weighted by Gasteiger charge is -2.40. The number of fused-ring (bicyclic) bond motifs is 2. The fourth-order valence-electron chi connectivity index (χ4n) is 6.90. The number of aliphatic hydroxyl groups is 1. The van der Waals surface area contributed by atoms with Crippen molar-refractivity contribution in [3.8, 4) is 0 Å². The average Bonchev–Trinajstić information content (AvgIpc) is 3.59. The highest BCUT2D eigenvalue weighted by Crippen LogP contribution is 2.67. The van der Waals surface area contributed by atoms with Crippen LogP contribution >= 0.6 is 11.8 Å². The Morgan fingerprint density at radius 3 is 2.62 bits per heavy atom. The summed E-state index contributed by atoms with van der Waals surface area (Å²) in [5.41, 5.74) is 0.721. The third-order valence-corrected chi connectivity index (χ3v) is 10.7. The second kappa shape index (κ2) is 11.4. The molecular formula is C32H38N2O5S. The molecule has 0 radical (unpaired) electrons. The lowest BCUT2D eigenvalue weighted by atomic mass is 9.71. The van der Waals surface area contributed by atoms with Gasteiger partial charge in [-0.1, -0.05) is 56.3 Å². The molecule has 2 bridgehead atoms. The van der Waals surface area contributed by atoms with E-state index in [0.717, 1.165) is 22.9 Å². The van der Waals surface area contributed by atoms with Gasteiger partial charge in [0.05, 0.1) is 35.8 Å². The maximum absolute atomic E-state index is 14.7. The van der Waals surface area contributed by atoms with E-state index in [4.69, 9.17) is 4.74 Å². The van der Waals surface area contributed by atoms with Crippen molar-refractivity contribution in [2.45, 2.75) is 55.2 Å². The highest BCUT2D eigenvalue weighted by molar-refractivity contribution is 8.02. The van der Waals surface area contributed by atoms with Crippen molar-refractivity contribution in [1.82, 2.24) is 4.90 Å². The Bertz CT molecular complexity index is 1330. The molecular weight excluding hydrogens is 524 g/mol. The fraction of sp³-hybridized carbons (Fsp3) is 0.469. The van der Waals surface area contributed by atoms with Crippen molar-refractivity contribution in [2.24, 2.45) is 17.8 Å². The van der Waals surface area contributed by atoms with Gasteiger partial charge in [0, 0.05) is 17.5 Å². The van der Waals surface area contributed by atoms with E-state index in [1.807, 2.05) is 56.3 Å². The molecule has 0 aliphatic carbocycles. The Morgan fingerprint density at radius 1 is 1.20 bits per heavy atom. The maximum atomic E-state index is 14.7. The molecule has 3 heterocycles. The van der Waals surface area contributed by atoms with Gasteiger partial charge >= 0.3 is 5.97 Å². The molecule has 7 nitrogen and oxygen atoms in total. The number of carbonyl (C=O) groups excluding carboxylic acids is 3. The minimum Gasteiger partial charge on any atom is -0.465 e. The first-order chi connectivity index (χ1) is 19.3. The Balaban J connectivity index is 1.58. The number of ether oxygens (including phenoxy) is 1. The lowest BCUT2D eigenvalue weighted by molar-refractivity contribution is -0.154. The van der Waals surface area contributed by atoms with Crippen molar-refractivity contribution < 1.29 is 24.2 Å². The first-order valence-corrected chi connectivity index (χ1v) is 15.0. The quantitative estimate of drug-likeness (QED) is 0.245. The van der Waals surface area contributed by atoms with Crippen molar-refractivity contribution in [3.05, 3.63) is 67.8 Å². The molecule has 3 aliphatic rings. The zero-order chi connectivity index (χ0) is 28.6. The smallest absolute Gasteiger partial charge is 0.310 e. The molecule has 3 aliphatic heterocycles. The molecule has 5 rings (SSSR count). The molecule has 212 valence electrons. The van der Waals surface area contributed by atoms with E-state index >= 15 is 0 Å². The van der Waals surface area contributed by atoms with E-state index in [-0.39, 0.29) is 48.7 Å². The molecule has 2 aromatic rings. The molecule has 3 fully saturated rings. The SMILES string of the molecule is C=CCCOC(=O)[C@@H]1[C@@H]2CCC3(S2)C(C(=O)N(CC=C)c2ccc4ccccc4c2)N([C@@H](CO)C(C)C)C(=O)[C@H]13. The van der Waals surface area contributed by atoms with E-state index in [1.54, 1.807) is 33.7 Å². The van der Waals surface area contributed by atoms with Gasteiger partial charge in [-0.2, -0.15) is 0 Å². The van der Waals surface area contributed by atoms with Crippen LogP contribution in [0, 0.1) is 17.8 Å². The summed E-state index contributed by atoms with van der Waals surface area (Å²) in [6.07, 6.45) is 5.30. The summed E-state index contributed by atoms with van der Waals surface area (Å²) in [7, 11) is 0. The monoisotopic (exact) mass is 562 g/mol. The van der Waals surface area contributed by atoms with Gasteiger partial charge in [-0.3, -0.25) is 14.4 Å². The van der Waals surface area contributed by atoms with Gasteiger partial charge in [0.15, 0.2) is 0 Å². The third kappa shape index (κ3) is 4.55. The Kier molecular flexibility index (Phi) is 8.11. The maximum Gasteiger partial charge on any atom is 0.310 e. The van der Waals surface area contributed by atoms with E-state index < -0.39 is 28.7 Å². The fourth-order valence-corrected chi connectivity index (χ4v) is 9.09. The number of amides is 2. The summed E-state index contributed by atoms with van der Waals surface area (Å²) >= 11 is 1.60. The van der Waals surface area contributed by atoms with Crippen LogP contribution in [0.3, 0.4) is 0 Å². The van der Waals surface area contributed by atoms with Gasteiger partial charge in [0.2, 0.25) is 5.91 Å². The lowest BCUT2D eigenvalue weighted by Crippen LogP contribution is -2.58. The molecule has 40 heavy (non-hydrogen) atoms. The summed E-state index contributed by atoms with van der Waals surface area (Å²) in [6, 6.07) is 12.5. The van der Waals surface area contributed by atoms with Crippen LogP contribution in [-0.4, -0.2) is 69.6 Å². The van der Waals surface area contributed by atoms with Crippen LogP contribution in [-0.2, 0) is 19.1 Å². The number of nitrogens with zero attached hydrogens (tertiary/aromatic N) is 2. The van der Waals surface area contributed by atoms with E-state index in [9.17, 15) is 19.5 Å². The minimum absolute atomic E-state index is 0.0808. The van der Waals surface area contributed by atoms with E-state index in [2.05, 4.69) is 13.2 Å². The number of hydrogen-bond acceptors (Lipinski definition) is 6. The summed E-state index contributed by atoms with van der Waals surface area (Å²) in [5, 5.41) is 12.4. The number of likely N-dealkylation sites (tertiary alicyclic amines) is 1. The summed E-state index contributed by atoms with van der Waals surface area (Å²) in [6.45, 7) is 11.7. The molecule has 6 atom stereocenters. The van der Waals surface area contributed by atoms with Crippen LogP contribution < -0.4 is 4.90 Å². The second-order valence-corrected chi connectivity index (χ2v) is 12.9. The first-order valence-electron chi connectivity index (χ1n) is 14.1. The van der Waals surface area contributed by atoms with Gasteiger partial charge in [0.1, 0.15) is 6.04 Å². The number of benzene rings is 2. The number of aliphatic hydroxyl groups excluding tert-OH is 1. The summed E-state index contributed by atoms with van der Waals surface area (Å²) in [4.78, 5) is 45.7. The van der Waals surface area contributed by atoms with Crippen molar-refractivity contribution in [3.63, 3.8) is 0 Å². The van der Waals surface area contributed by atoms with Crippen LogP contribution in [0.5, 0.6) is 0 Å². The van der Waals surface area contributed by atoms with E-state index in [1.165, 1.54) is 0 Å². The summed E-state index contributed by atoms with van der Waals surface area (Å²) in [5.74, 6) is -2.20. The van der Waals surface area contributed by atoms with Crippen LogP contribution in [0.1, 0.15) is 33.1 Å². The molecule has 0 aromatic heterocycles. The van der Waals surface area contributed by atoms with Crippen LogP contribution in [0.4, 0.5) is 5.69 Å². The summed E-state index contributed by atoms with van der Waals surface area (Å²) < 4.78 is 4.82. The zero-order valence-corrected chi connectivity index (χ0v) is 24.0. The highest BCUT2D eigenvalue weighted by atomic mass is 32.2. The molecule has 3 saturated heterocycles. The van der Waals surface area contributed by atoms with Crippen LogP contribution in [0.2, 0.25) is 0 Å². The third-order valence-electron chi connectivity index (χ3n) is 8.75. The standard InChI is InChI=1S/C32H38N2O5S/c1-5-7-17-39-31(38)26-25-14-15-32(40-25)27(26)29(36)34(24(19-35)20(3)4)28(32)30(37)33(16-6-2)23-13-12-21-10-8-9-11-22(21)18-23/h5-6,8-13,18,20,24-28,35H,1-2,7,14-17,19H2,3-4H3/t24-,25-,26+,27-,28?,32?/m0/s1. The highest BCUT2D eigenvalue weighted by Gasteiger charge is 2.75. The number of hydrogen-bond donors (Lipinski definition) is 1. The number of carbonyl (C=O) groups is 3. The minimum atomic E-state index is -0.822. The molecule has 2 unspecified atom stereocenters. The number of thioether (sulfide) groups is 1. The predicted molar refractivity (Wildman–Crippen MR) is 159 cm³/mol. The van der Waals surface area contributed by atoms with Gasteiger partial charge in [-0.25, -0.2) is 0 Å². The zero-order valence-electron chi connectivity index (χ0n) is 23.2. The molecule has 2 amide bonds. The van der Waals surface area contributed by atoms with Gasteiger partial charge in [-0.05, 0) is 48.1 Å². The van der Waals surface area contributed by atoms with Gasteiger partial charge in [0.25, 0.3) is 5.91 Å². The largest absolute Gasteiger partial charge is 0.465 e. The molecule has 8 heteroatoms. The first kappa shape index (κ1) is 28.4. The van der Waals surface area contributed by atoms with Crippen molar-refractivity contribution in [1.29, 1.82) is 0 Å². The van der Waals surface area contributed by atoms with Gasteiger partial charge in [-0.15, -0.1) is 24.9 Å². The predicted octanol–water partition coefficient (Wildman–Crippen LogP) is 4.59. The van der Waals surface area contributed by atoms with Crippen molar-refractivity contribution in [2.75, 3.05) is 24.7 Å². The van der Waals surface area contributed by atoms with Gasteiger partial charge < -0.3 is 19.6 Å². The average molecular weight is 563 g/mol. The van der Waals surface area contributed by atoms with Crippen LogP contribution in [0.15, 0.2) is 67.8 Å². The molecule has 0 saturated carbocycles. The molecule has 1 N–H and O–H groups in total. The second-order valence-electron chi connectivity index (χ2n) is 11.3. The molecule has 1 spiro atoms. The van der Waals surface area contributed by atoms with Crippen LogP contribution in [0.25, 0.3) is 10.8 Å². The van der Waals surface area contributed by atoms with Crippen molar-refractivity contribution >= 4 is 46.0 Å². The Labute approximate surface area is 240 Å². The normalized spacial score (nSPS) is 27.6. The van der Waals surface area contributed by atoms with E-state index in [0.29, 0.717) is 12.8 Å². The topological polar surface area (TPSA) is 87.2 Å². The Morgan fingerprint density at radius 2 is 1.95 bits per heavy atom. The number of esters is 1. The molecule has 2 aromatic carbocycles. The Hall–Kier alpha value is -3.10.